The molecule has 4 heteroatoms. The van der Waals surface area contributed by atoms with Gasteiger partial charge in [-0.25, -0.2) is 4.79 Å². The van der Waals surface area contributed by atoms with Crippen molar-refractivity contribution in [2.24, 2.45) is 0 Å². The van der Waals surface area contributed by atoms with E-state index in [1.54, 1.807) is 12.1 Å². The van der Waals surface area contributed by atoms with Crippen molar-refractivity contribution in [1.29, 1.82) is 0 Å². The van der Waals surface area contributed by atoms with E-state index in [9.17, 15) is 9.59 Å². The summed E-state index contributed by atoms with van der Waals surface area (Å²) in [7, 11) is 0. The fourth-order valence-electron chi connectivity index (χ4n) is 1.53. The molecule has 1 aromatic carbocycles. The largest absolute Gasteiger partial charge is 0.464 e. The number of amides is 1. The Kier molecular flexibility index (Phi) is 5.91. The number of rotatable bonds is 6. The van der Waals surface area contributed by atoms with E-state index < -0.39 is 12.0 Å². The summed E-state index contributed by atoms with van der Waals surface area (Å²) in [5.74, 6) is -0.666. The predicted molar refractivity (Wildman–Crippen MR) is 68.9 cm³/mol. The van der Waals surface area contributed by atoms with Crippen LogP contribution in [0.15, 0.2) is 30.3 Å². The van der Waals surface area contributed by atoms with E-state index in [1.165, 1.54) is 6.92 Å². The third kappa shape index (κ3) is 4.57. The number of hydrogen-bond acceptors (Lipinski definition) is 3. The molecule has 1 rings (SSSR count). The van der Waals surface area contributed by atoms with Crippen LogP contribution in [0.4, 0.5) is 0 Å². The van der Waals surface area contributed by atoms with Crippen LogP contribution in [-0.4, -0.2) is 18.5 Å². The smallest absolute Gasteiger partial charge is 0.333 e. The van der Waals surface area contributed by atoms with Crippen LogP contribution in [0.25, 0.3) is 0 Å². The lowest BCUT2D eigenvalue weighted by Crippen LogP contribution is -2.33. The number of hydrogen-bond donors (Lipinski definition) is 1. The molecule has 0 aliphatic carbocycles. The molecule has 0 saturated carbocycles. The molecular weight excluding hydrogens is 230 g/mol. The SMILES string of the molecule is CCCCOC(=O)C(NC(C)=O)c1ccccc1. The predicted octanol–water partition coefficient (Wildman–Crippen LogP) is 2.21. The molecule has 1 atom stereocenters. The lowest BCUT2D eigenvalue weighted by molar-refractivity contribution is -0.148. The van der Waals surface area contributed by atoms with Crippen LogP contribution in [-0.2, 0) is 14.3 Å². The number of benzene rings is 1. The molecule has 0 aliphatic heterocycles. The van der Waals surface area contributed by atoms with Crippen LogP contribution in [0.1, 0.15) is 38.3 Å². The van der Waals surface area contributed by atoms with E-state index in [2.05, 4.69) is 5.32 Å². The zero-order valence-electron chi connectivity index (χ0n) is 10.8. The van der Waals surface area contributed by atoms with Crippen LogP contribution in [0, 0.1) is 0 Å². The number of nitrogens with one attached hydrogen (secondary N) is 1. The minimum atomic E-state index is -0.722. The van der Waals surface area contributed by atoms with Gasteiger partial charge in [0.2, 0.25) is 5.91 Å². The molecule has 0 aromatic heterocycles. The first-order valence-corrected chi connectivity index (χ1v) is 6.13. The van der Waals surface area contributed by atoms with Gasteiger partial charge in [-0.2, -0.15) is 0 Å². The molecular formula is C14H19NO3. The van der Waals surface area contributed by atoms with Crippen molar-refractivity contribution in [3.05, 3.63) is 35.9 Å². The molecule has 0 spiro atoms. The summed E-state index contributed by atoms with van der Waals surface area (Å²) in [6, 6.07) is 8.37. The molecule has 1 aromatic rings. The minimum Gasteiger partial charge on any atom is -0.464 e. The first-order chi connectivity index (χ1) is 8.65. The molecule has 1 amide bonds. The number of unbranched alkanes of at least 4 members (excludes halogenated alkanes) is 1. The van der Waals surface area contributed by atoms with Crippen LogP contribution < -0.4 is 5.32 Å². The Morgan fingerprint density at radius 1 is 1.28 bits per heavy atom. The van der Waals surface area contributed by atoms with E-state index in [0.717, 1.165) is 18.4 Å². The molecule has 1 N–H and O–H groups in total. The molecule has 1 unspecified atom stereocenters. The third-order valence-corrected chi connectivity index (χ3v) is 2.46. The molecule has 98 valence electrons. The topological polar surface area (TPSA) is 55.4 Å². The van der Waals surface area contributed by atoms with Crippen LogP contribution >= 0.6 is 0 Å². The summed E-state index contributed by atoms with van der Waals surface area (Å²) in [4.78, 5) is 23.1. The monoisotopic (exact) mass is 249 g/mol. The average molecular weight is 249 g/mol. The number of ether oxygens (including phenoxy) is 1. The summed E-state index contributed by atoms with van der Waals surface area (Å²) in [5, 5.41) is 2.61. The van der Waals surface area contributed by atoms with E-state index in [4.69, 9.17) is 4.74 Å². The van der Waals surface area contributed by atoms with Crippen molar-refractivity contribution in [2.75, 3.05) is 6.61 Å². The Hall–Kier alpha value is -1.84. The fourth-order valence-corrected chi connectivity index (χ4v) is 1.53. The number of esters is 1. The zero-order chi connectivity index (χ0) is 13.4. The van der Waals surface area contributed by atoms with Crippen molar-refractivity contribution in [3.8, 4) is 0 Å². The Balaban J connectivity index is 2.72. The van der Waals surface area contributed by atoms with Gasteiger partial charge in [-0.05, 0) is 12.0 Å². The lowest BCUT2D eigenvalue weighted by Gasteiger charge is -2.17. The number of carbonyl (C=O) groups excluding carboxylic acids is 2. The fraction of sp³-hybridized carbons (Fsp3) is 0.429. The van der Waals surface area contributed by atoms with Gasteiger partial charge in [-0.1, -0.05) is 43.7 Å². The van der Waals surface area contributed by atoms with Gasteiger partial charge in [-0.15, -0.1) is 0 Å². The maximum Gasteiger partial charge on any atom is 0.333 e. The van der Waals surface area contributed by atoms with Crippen molar-refractivity contribution in [2.45, 2.75) is 32.7 Å². The highest BCUT2D eigenvalue weighted by atomic mass is 16.5. The second kappa shape index (κ2) is 7.48. The van der Waals surface area contributed by atoms with Crippen molar-refractivity contribution in [1.82, 2.24) is 5.32 Å². The molecule has 0 bridgehead atoms. The van der Waals surface area contributed by atoms with Crippen molar-refractivity contribution >= 4 is 11.9 Å². The summed E-state index contributed by atoms with van der Waals surface area (Å²) in [5.41, 5.74) is 0.731. The van der Waals surface area contributed by atoms with Crippen molar-refractivity contribution < 1.29 is 14.3 Å². The first kappa shape index (κ1) is 14.2. The highest BCUT2D eigenvalue weighted by Gasteiger charge is 2.22. The van der Waals surface area contributed by atoms with Crippen LogP contribution in [0.2, 0.25) is 0 Å². The maximum atomic E-state index is 11.9. The molecule has 0 aliphatic rings. The van der Waals surface area contributed by atoms with Gasteiger partial charge < -0.3 is 10.1 Å². The van der Waals surface area contributed by atoms with Gasteiger partial charge in [0.1, 0.15) is 0 Å². The Labute approximate surface area is 107 Å². The molecule has 18 heavy (non-hydrogen) atoms. The Bertz CT molecular complexity index is 389. The summed E-state index contributed by atoms with van der Waals surface area (Å²) in [6.07, 6.45) is 1.79. The highest BCUT2D eigenvalue weighted by molar-refractivity contribution is 5.84. The molecule has 0 radical (unpaired) electrons. The molecule has 4 nitrogen and oxygen atoms in total. The summed E-state index contributed by atoms with van der Waals surface area (Å²) in [6.45, 7) is 3.80. The highest BCUT2D eigenvalue weighted by Crippen LogP contribution is 2.14. The third-order valence-electron chi connectivity index (χ3n) is 2.46. The Morgan fingerprint density at radius 2 is 1.94 bits per heavy atom. The number of carbonyl (C=O) groups is 2. The Morgan fingerprint density at radius 3 is 2.50 bits per heavy atom. The normalized spacial score (nSPS) is 11.7. The lowest BCUT2D eigenvalue weighted by atomic mass is 10.1. The average Bonchev–Trinajstić information content (AvgIpc) is 2.37. The minimum absolute atomic E-state index is 0.253. The van der Waals surface area contributed by atoms with Crippen molar-refractivity contribution in [3.63, 3.8) is 0 Å². The summed E-state index contributed by atoms with van der Waals surface area (Å²) >= 11 is 0. The maximum absolute atomic E-state index is 11.9. The van der Waals surface area contributed by atoms with Gasteiger partial charge in [0, 0.05) is 6.92 Å². The quantitative estimate of drug-likeness (QED) is 0.621. The van der Waals surface area contributed by atoms with E-state index in [1.807, 2.05) is 25.1 Å². The molecule has 0 saturated heterocycles. The zero-order valence-corrected chi connectivity index (χ0v) is 10.8. The van der Waals surface area contributed by atoms with Crippen LogP contribution in [0.3, 0.4) is 0 Å². The second-order valence-corrected chi connectivity index (χ2v) is 4.07. The first-order valence-electron chi connectivity index (χ1n) is 6.13. The molecule has 0 heterocycles. The van der Waals surface area contributed by atoms with Crippen LogP contribution in [0.5, 0.6) is 0 Å². The van der Waals surface area contributed by atoms with Gasteiger partial charge >= 0.3 is 5.97 Å². The van der Waals surface area contributed by atoms with Gasteiger partial charge in [-0.3, -0.25) is 4.79 Å². The van der Waals surface area contributed by atoms with E-state index >= 15 is 0 Å². The second-order valence-electron chi connectivity index (χ2n) is 4.07. The van der Waals surface area contributed by atoms with E-state index in [-0.39, 0.29) is 5.91 Å². The van der Waals surface area contributed by atoms with Gasteiger partial charge in [0.05, 0.1) is 6.61 Å². The van der Waals surface area contributed by atoms with E-state index in [0.29, 0.717) is 6.61 Å². The standard InChI is InChI=1S/C14H19NO3/c1-3-4-10-18-14(17)13(15-11(2)16)12-8-6-5-7-9-12/h5-9,13H,3-4,10H2,1-2H3,(H,15,16). The molecule has 0 fully saturated rings. The van der Waals surface area contributed by atoms with Gasteiger partial charge in [0.25, 0.3) is 0 Å². The summed E-state index contributed by atoms with van der Waals surface area (Å²) < 4.78 is 5.15. The van der Waals surface area contributed by atoms with Gasteiger partial charge in [0.15, 0.2) is 6.04 Å².